The Hall–Kier alpha value is -0.310. The van der Waals surface area contributed by atoms with Crippen molar-refractivity contribution in [2.24, 2.45) is 5.73 Å². The van der Waals surface area contributed by atoms with Crippen LogP contribution in [0.25, 0.3) is 0 Å². The summed E-state index contributed by atoms with van der Waals surface area (Å²) in [4.78, 5) is 0. The van der Waals surface area contributed by atoms with E-state index in [0.717, 1.165) is 10.0 Å². The molecule has 0 aliphatic rings. The second kappa shape index (κ2) is 4.08. The van der Waals surface area contributed by atoms with Crippen LogP contribution in [-0.2, 0) is 0 Å². The minimum atomic E-state index is -0.126. The van der Waals surface area contributed by atoms with Gasteiger partial charge in [-0.05, 0) is 33.6 Å². The molecule has 1 rings (SSSR count). The smallest absolute Gasteiger partial charge is 0.0548 e. The maximum atomic E-state index is 5.82. The van der Waals surface area contributed by atoms with Crippen molar-refractivity contribution in [2.45, 2.75) is 6.04 Å². The van der Waals surface area contributed by atoms with Crippen molar-refractivity contribution in [2.75, 3.05) is 0 Å². The van der Waals surface area contributed by atoms with Crippen LogP contribution >= 0.6 is 27.5 Å². The lowest BCUT2D eigenvalue weighted by Crippen LogP contribution is -2.05. The van der Waals surface area contributed by atoms with Gasteiger partial charge in [-0.1, -0.05) is 23.7 Å². The molecule has 0 fully saturated rings. The molecule has 0 aromatic heterocycles. The number of nitrogens with two attached hydrogens (primary N) is 1. The highest BCUT2D eigenvalue weighted by atomic mass is 79.9. The summed E-state index contributed by atoms with van der Waals surface area (Å²) in [7, 11) is 0. The summed E-state index contributed by atoms with van der Waals surface area (Å²) >= 11 is 9.14. The Bertz CT molecular complexity index is 299. The van der Waals surface area contributed by atoms with Crippen molar-refractivity contribution in [3.8, 4) is 0 Å². The third-order valence-corrected chi connectivity index (χ3v) is 2.80. The highest BCUT2D eigenvalue weighted by molar-refractivity contribution is 9.10. The highest BCUT2D eigenvalue weighted by Gasteiger charge is 2.03. The molecular formula is C9H9BrClN. The van der Waals surface area contributed by atoms with Crippen LogP contribution in [0.3, 0.4) is 0 Å². The number of benzene rings is 1. The fraction of sp³-hybridized carbons (Fsp3) is 0.111. The van der Waals surface area contributed by atoms with Crippen LogP contribution in [0.5, 0.6) is 0 Å². The Kier molecular flexibility index (Phi) is 3.32. The number of hydrogen-bond acceptors (Lipinski definition) is 1. The lowest BCUT2D eigenvalue weighted by molar-refractivity contribution is 0.913. The van der Waals surface area contributed by atoms with E-state index in [-0.39, 0.29) is 6.04 Å². The van der Waals surface area contributed by atoms with E-state index in [4.69, 9.17) is 17.3 Å². The molecule has 0 spiro atoms. The normalized spacial score (nSPS) is 12.6. The predicted molar refractivity (Wildman–Crippen MR) is 56.3 cm³/mol. The molecule has 0 heterocycles. The summed E-state index contributed by atoms with van der Waals surface area (Å²) in [5.41, 5.74) is 6.73. The van der Waals surface area contributed by atoms with Crippen molar-refractivity contribution >= 4 is 27.5 Å². The molecule has 0 saturated carbocycles. The molecule has 1 aromatic carbocycles. The highest BCUT2D eigenvalue weighted by Crippen LogP contribution is 2.25. The molecule has 1 atom stereocenters. The molecule has 0 aliphatic heterocycles. The van der Waals surface area contributed by atoms with E-state index in [1.807, 2.05) is 18.2 Å². The first-order chi connectivity index (χ1) is 5.65. The van der Waals surface area contributed by atoms with Crippen LogP contribution in [0.4, 0.5) is 0 Å². The van der Waals surface area contributed by atoms with Gasteiger partial charge in [-0.3, -0.25) is 0 Å². The summed E-state index contributed by atoms with van der Waals surface area (Å²) < 4.78 is 0.860. The minimum Gasteiger partial charge on any atom is -0.321 e. The van der Waals surface area contributed by atoms with E-state index < -0.39 is 0 Å². The van der Waals surface area contributed by atoms with Gasteiger partial charge in [-0.15, -0.1) is 6.58 Å². The molecule has 0 amide bonds. The molecular weight excluding hydrogens is 237 g/mol. The van der Waals surface area contributed by atoms with Crippen LogP contribution in [0.1, 0.15) is 11.6 Å². The van der Waals surface area contributed by atoms with Gasteiger partial charge in [0.1, 0.15) is 0 Å². The molecule has 0 bridgehead atoms. The fourth-order valence-electron chi connectivity index (χ4n) is 0.856. The molecule has 2 N–H and O–H groups in total. The SMILES string of the molecule is C=C[C@@H](N)c1ccc(Cl)c(Br)c1. The van der Waals surface area contributed by atoms with Gasteiger partial charge in [-0.2, -0.15) is 0 Å². The third kappa shape index (κ3) is 2.09. The van der Waals surface area contributed by atoms with Gasteiger partial charge in [0.2, 0.25) is 0 Å². The number of halogens is 2. The molecule has 0 radical (unpaired) electrons. The molecule has 0 saturated heterocycles. The first kappa shape index (κ1) is 9.78. The molecule has 1 nitrogen and oxygen atoms in total. The summed E-state index contributed by atoms with van der Waals surface area (Å²) in [5.74, 6) is 0. The fourth-order valence-corrected chi connectivity index (χ4v) is 1.37. The van der Waals surface area contributed by atoms with E-state index >= 15 is 0 Å². The van der Waals surface area contributed by atoms with Crippen molar-refractivity contribution in [1.82, 2.24) is 0 Å². The molecule has 0 aliphatic carbocycles. The Morgan fingerprint density at radius 1 is 1.58 bits per heavy atom. The predicted octanol–water partition coefficient (Wildman–Crippen LogP) is 3.29. The van der Waals surface area contributed by atoms with Crippen molar-refractivity contribution < 1.29 is 0 Å². The quantitative estimate of drug-likeness (QED) is 0.796. The van der Waals surface area contributed by atoms with E-state index in [0.29, 0.717) is 5.02 Å². The summed E-state index contributed by atoms with van der Waals surface area (Å²) in [6, 6.07) is 5.47. The number of hydrogen-bond donors (Lipinski definition) is 1. The van der Waals surface area contributed by atoms with Gasteiger partial charge in [0.05, 0.1) is 5.02 Å². The van der Waals surface area contributed by atoms with Gasteiger partial charge >= 0.3 is 0 Å². The van der Waals surface area contributed by atoms with Gasteiger partial charge in [-0.25, -0.2) is 0 Å². The van der Waals surface area contributed by atoms with E-state index in [2.05, 4.69) is 22.5 Å². The van der Waals surface area contributed by atoms with Crippen LogP contribution < -0.4 is 5.73 Å². The summed E-state index contributed by atoms with van der Waals surface area (Å²) in [6.07, 6.45) is 1.69. The van der Waals surface area contributed by atoms with Crippen molar-refractivity contribution in [1.29, 1.82) is 0 Å². The Morgan fingerprint density at radius 3 is 2.75 bits per heavy atom. The second-order valence-corrected chi connectivity index (χ2v) is 3.70. The monoisotopic (exact) mass is 245 g/mol. The van der Waals surface area contributed by atoms with Crippen molar-refractivity contribution in [3.63, 3.8) is 0 Å². The molecule has 0 unspecified atom stereocenters. The topological polar surface area (TPSA) is 26.0 Å². The van der Waals surface area contributed by atoms with E-state index in [1.54, 1.807) is 6.08 Å². The average Bonchev–Trinajstić information content (AvgIpc) is 2.08. The molecule has 64 valence electrons. The van der Waals surface area contributed by atoms with E-state index in [9.17, 15) is 0 Å². The zero-order chi connectivity index (χ0) is 9.14. The van der Waals surface area contributed by atoms with Crippen LogP contribution in [0.15, 0.2) is 35.3 Å². The maximum absolute atomic E-state index is 5.82. The maximum Gasteiger partial charge on any atom is 0.0548 e. The summed E-state index contributed by atoms with van der Waals surface area (Å²) in [6.45, 7) is 3.62. The van der Waals surface area contributed by atoms with Crippen LogP contribution in [-0.4, -0.2) is 0 Å². The van der Waals surface area contributed by atoms with Gasteiger partial charge in [0.15, 0.2) is 0 Å². The first-order valence-corrected chi connectivity index (χ1v) is 4.65. The third-order valence-electron chi connectivity index (χ3n) is 1.58. The average molecular weight is 247 g/mol. The van der Waals surface area contributed by atoms with Gasteiger partial charge in [0.25, 0.3) is 0 Å². The van der Waals surface area contributed by atoms with Crippen LogP contribution in [0.2, 0.25) is 5.02 Å². The zero-order valence-electron chi connectivity index (χ0n) is 6.43. The summed E-state index contributed by atoms with van der Waals surface area (Å²) in [5, 5.41) is 0.690. The zero-order valence-corrected chi connectivity index (χ0v) is 8.77. The van der Waals surface area contributed by atoms with Crippen LogP contribution in [0, 0.1) is 0 Å². The first-order valence-electron chi connectivity index (χ1n) is 3.48. The second-order valence-electron chi connectivity index (χ2n) is 2.44. The van der Waals surface area contributed by atoms with E-state index in [1.165, 1.54) is 0 Å². The molecule has 3 heteroatoms. The van der Waals surface area contributed by atoms with Gasteiger partial charge in [0, 0.05) is 10.5 Å². The Morgan fingerprint density at radius 2 is 2.25 bits per heavy atom. The lowest BCUT2D eigenvalue weighted by Gasteiger charge is -2.07. The van der Waals surface area contributed by atoms with Gasteiger partial charge < -0.3 is 5.73 Å². The Balaban J connectivity index is 3.04. The Labute approximate surface area is 85.3 Å². The number of rotatable bonds is 2. The van der Waals surface area contributed by atoms with Crippen molar-refractivity contribution in [3.05, 3.63) is 45.9 Å². The largest absolute Gasteiger partial charge is 0.321 e. The molecule has 1 aromatic rings. The standard InChI is InChI=1S/C9H9BrClN/c1-2-9(12)6-3-4-8(11)7(10)5-6/h2-5,9H,1,12H2/t9-/m1/s1. The lowest BCUT2D eigenvalue weighted by atomic mass is 10.1. The molecule has 12 heavy (non-hydrogen) atoms. The minimum absolute atomic E-state index is 0.126.